The molecule has 0 saturated heterocycles. The molecule has 29 heavy (non-hydrogen) atoms. The van der Waals surface area contributed by atoms with Crippen molar-refractivity contribution in [1.29, 1.82) is 0 Å². The molecule has 4 rings (SSSR count). The van der Waals surface area contributed by atoms with E-state index in [0.29, 0.717) is 28.0 Å². The summed E-state index contributed by atoms with van der Waals surface area (Å²) in [4.78, 5) is 17.8. The topological polar surface area (TPSA) is 56.5 Å². The van der Waals surface area contributed by atoms with E-state index in [2.05, 4.69) is 16.0 Å². The Kier molecular flexibility index (Phi) is 5.17. The molecule has 0 bridgehead atoms. The van der Waals surface area contributed by atoms with Crippen LogP contribution in [0, 0.1) is 12.3 Å². The van der Waals surface area contributed by atoms with Crippen molar-refractivity contribution in [3.05, 3.63) is 94.8 Å². The number of nitrogens with zero attached hydrogens (tertiary/aromatic N) is 3. The van der Waals surface area contributed by atoms with Crippen molar-refractivity contribution in [1.82, 2.24) is 9.66 Å². The van der Waals surface area contributed by atoms with Crippen molar-refractivity contribution in [2.75, 3.05) is 6.61 Å². The SMILES string of the molecule is C#CCOc1ccccc1C=Nn1c(-c2ccccc2)nc2ccccc2c1=O. The van der Waals surface area contributed by atoms with Crippen molar-refractivity contribution in [2.45, 2.75) is 0 Å². The minimum Gasteiger partial charge on any atom is -0.480 e. The third kappa shape index (κ3) is 3.78. The Balaban J connectivity index is 1.88. The average Bonchev–Trinajstić information content (AvgIpc) is 2.78. The van der Waals surface area contributed by atoms with Crippen molar-refractivity contribution in [3.8, 4) is 29.5 Å². The quantitative estimate of drug-likeness (QED) is 0.390. The summed E-state index contributed by atoms with van der Waals surface area (Å²) in [5.74, 6) is 3.51. The minimum atomic E-state index is -0.243. The molecule has 0 aliphatic carbocycles. The van der Waals surface area contributed by atoms with Crippen LogP contribution in [0.4, 0.5) is 0 Å². The van der Waals surface area contributed by atoms with Crippen molar-refractivity contribution in [3.63, 3.8) is 0 Å². The van der Waals surface area contributed by atoms with Crippen LogP contribution >= 0.6 is 0 Å². The molecule has 4 aromatic rings. The predicted octanol–water partition coefficient (Wildman–Crippen LogP) is 3.96. The van der Waals surface area contributed by atoms with Crippen LogP contribution in [-0.4, -0.2) is 22.5 Å². The zero-order chi connectivity index (χ0) is 20.1. The molecule has 1 aromatic heterocycles. The number of benzene rings is 3. The first-order valence-electron chi connectivity index (χ1n) is 9.05. The van der Waals surface area contributed by atoms with Gasteiger partial charge in [0.15, 0.2) is 5.82 Å². The van der Waals surface area contributed by atoms with E-state index in [1.807, 2.05) is 66.7 Å². The van der Waals surface area contributed by atoms with Crippen molar-refractivity contribution < 1.29 is 4.74 Å². The van der Waals surface area contributed by atoms with Gasteiger partial charge in [-0.1, -0.05) is 60.5 Å². The number of para-hydroxylation sites is 2. The molecule has 0 aliphatic heterocycles. The van der Waals surface area contributed by atoms with Gasteiger partial charge in [-0.25, -0.2) is 4.98 Å². The van der Waals surface area contributed by atoms with Gasteiger partial charge >= 0.3 is 0 Å². The van der Waals surface area contributed by atoms with Gasteiger partial charge < -0.3 is 4.74 Å². The Morgan fingerprint density at radius 2 is 1.72 bits per heavy atom. The molecule has 0 atom stereocenters. The standard InChI is InChI=1S/C24H17N3O2/c1-2-16-29-22-15-9-6-12-19(22)17-25-27-23(18-10-4-3-5-11-18)26-21-14-8-7-13-20(21)24(27)28/h1,3-15,17H,16H2. The molecular formula is C24H17N3O2. The Hall–Kier alpha value is -4.17. The smallest absolute Gasteiger partial charge is 0.282 e. The molecule has 5 nitrogen and oxygen atoms in total. The summed E-state index contributed by atoms with van der Waals surface area (Å²) < 4.78 is 6.87. The summed E-state index contributed by atoms with van der Waals surface area (Å²) in [5, 5.41) is 4.96. The fourth-order valence-electron chi connectivity index (χ4n) is 2.96. The average molecular weight is 379 g/mol. The summed E-state index contributed by atoms with van der Waals surface area (Å²) in [6.07, 6.45) is 6.87. The van der Waals surface area contributed by atoms with Gasteiger partial charge in [0.25, 0.3) is 5.56 Å². The Morgan fingerprint density at radius 3 is 2.55 bits per heavy atom. The van der Waals surface area contributed by atoms with Crippen LogP contribution in [0.25, 0.3) is 22.3 Å². The molecule has 0 radical (unpaired) electrons. The van der Waals surface area contributed by atoms with Crippen LogP contribution in [0.2, 0.25) is 0 Å². The van der Waals surface area contributed by atoms with Crippen molar-refractivity contribution in [2.24, 2.45) is 5.10 Å². The zero-order valence-corrected chi connectivity index (χ0v) is 15.5. The highest BCUT2D eigenvalue weighted by Crippen LogP contribution is 2.20. The lowest BCUT2D eigenvalue weighted by atomic mass is 10.2. The predicted molar refractivity (Wildman–Crippen MR) is 115 cm³/mol. The van der Waals surface area contributed by atoms with Gasteiger partial charge in [0.2, 0.25) is 0 Å². The minimum absolute atomic E-state index is 0.150. The van der Waals surface area contributed by atoms with Gasteiger partial charge in [0.1, 0.15) is 12.4 Å². The Bertz CT molecular complexity index is 1290. The highest BCUT2D eigenvalue weighted by atomic mass is 16.5. The molecule has 0 N–H and O–H groups in total. The second-order valence-electron chi connectivity index (χ2n) is 6.21. The zero-order valence-electron chi connectivity index (χ0n) is 15.5. The van der Waals surface area contributed by atoms with Gasteiger partial charge in [-0.05, 0) is 24.3 Å². The largest absolute Gasteiger partial charge is 0.480 e. The fourth-order valence-corrected chi connectivity index (χ4v) is 2.96. The van der Waals surface area contributed by atoms with Crippen LogP contribution in [-0.2, 0) is 0 Å². The monoisotopic (exact) mass is 379 g/mol. The summed E-state index contributed by atoms with van der Waals surface area (Å²) in [6.45, 7) is 0.150. The molecule has 3 aromatic carbocycles. The Morgan fingerprint density at radius 1 is 1.00 bits per heavy atom. The molecule has 0 saturated carbocycles. The van der Waals surface area contributed by atoms with Crippen LogP contribution in [0.5, 0.6) is 5.75 Å². The van der Waals surface area contributed by atoms with Crippen LogP contribution in [0.1, 0.15) is 5.56 Å². The molecule has 1 heterocycles. The number of hydrogen-bond donors (Lipinski definition) is 0. The first-order valence-corrected chi connectivity index (χ1v) is 9.05. The molecule has 140 valence electrons. The van der Waals surface area contributed by atoms with E-state index >= 15 is 0 Å². The van der Waals surface area contributed by atoms with Gasteiger partial charge in [-0.3, -0.25) is 4.79 Å². The van der Waals surface area contributed by atoms with Crippen molar-refractivity contribution >= 4 is 17.1 Å². The molecule has 0 aliphatic rings. The van der Waals surface area contributed by atoms with Crippen LogP contribution < -0.4 is 10.3 Å². The summed E-state index contributed by atoms with van der Waals surface area (Å²) in [5.41, 5.74) is 1.89. The van der Waals surface area contributed by atoms with Gasteiger partial charge in [0, 0.05) is 11.1 Å². The number of aromatic nitrogens is 2. The molecule has 0 spiro atoms. The van der Waals surface area contributed by atoms with Crippen LogP contribution in [0.15, 0.2) is 88.8 Å². The van der Waals surface area contributed by atoms with Gasteiger partial charge in [-0.2, -0.15) is 9.78 Å². The number of fused-ring (bicyclic) bond motifs is 1. The number of hydrogen-bond acceptors (Lipinski definition) is 4. The van der Waals surface area contributed by atoms with E-state index in [0.717, 1.165) is 5.56 Å². The van der Waals surface area contributed by atoms with E-state index in [4.69, 9.17) is 11.2 Å². The summed E-state index contributed by atoms with van der Waals surface area (Å²) in [7, 11) is 0. The second-order valence-corrected chi connectivity index (χ2v) is 6.21. The summed E-state index contributed by atoms with van der Waals surface area (Å²) in [6, 6.07) is 24.1. The number of ether oxygens (including phenoxy) is 1. The van der Waals surface area contributed by atoms with E-state index in [1.54, 1.807) is 18.3 Å². The second kappa shape index (κ2) is 8.24. The number of terminal acetylenes is 1. The lowest BCUT2D eigenvalue weighted by molar-refractivity contribution is 0.370. The molecule has 0 unspecified atom stereocenters. The van der Waals surface area contributed by atoms with E-state index < -0.39 is 0 Å². The van der Waals surface area contributed by atoms with E-state index in [9.17, 15) is 4.79 Å². The summed E-state index contributed by atoms with van der Waals surface area (Å²) >= 11 is 0. The maximum Gasteiger partial charge on any atom is 0.282 e. The first kappa shape index (κ1) is 18.2. The third-order valence-electron chi connectivity index (χ3n) is 4.33. The molecule has 0 amide bonds. The van der Waals surface area contributed by atoms with E-state index in [1.165, 1.54) is 4.68 Å². The van der Waals surface area contributed by atoms with E-state index in [-0.39, 0.29) is 12.2 Å². The third-order valence-corrected chi connectivity index (χ3v) is 4.33. The first-order chi connectivity index (χ1) is 14.3. The lowest BCUT2D eigenvalue weighted by Crippen LogP contribution is -2.20. The van der Waals surface area contributed by atoms with Crippen LogP contribution in [0.3, 0.4) is 0 Å². The molecule has 0 fully saturated rings. The lowest BCUT2D eigenvalue weighted by Gasteiger charge is -2.10. The number of rotatable bonds is 5. The normalized spacial score (nSPS) is 10.9. The highest BCUT2D eigenvalue weighted by molar-refractivity contribution is 5.84. The maximum absolute atomic E-state index is 13.2. The molecular weight excluding hydrogens is 362 g/mol. The Labute approximate surface area is 167 Å². The molecule has 5 heteroatoms. The highest BCUT2D eigenvalue weighted by Gasteiger charge is 2.12. The van der Waals surface area contributed by atoms with Gasteiger partial charge in [0.05, 0.1) is 17.1 Å². The van der Waals surface area contributed by atoms with Gasteiger partial charge in [-0.15, -0.1) is 6.42 Å². The fraction of sp³-hybridized carbons (Fsp3) is 0.0417. The maximum atomic E-state index is 13.2.